The third-order valence-electron chi connectivity index (χ3n) is 4.12. The summed E-state index contributed by atoms with van der Waals surface area (Å²) < 4.78 is 40.7. The fourth-order valence-corrected chi connectivity index (χ4v) is 3.46. The van der Waals surface area contributed by atoms with E-state index in [0.29, 0.717) is 12.1 Å². The topological polar surface area (TPSA) is 59.3 Å². The van der Waals surface area contributed by atoms with E-state index in [4.69, 9.17) is 0 Å². The number of nitrogens with zero attached hydrogens (tertiary/aromatic N) is 3. The van der Waals surface area contributed by atoms with Gasteiger partial charge in [0.2, 0.25) is 5.82 Å². The number of nitrogens with one attached hydrogen (secondary N) is 1. The van der Waals surface area contributed by atoms with Crippen LogP contribution in [-0.2, 0) is 12.7 Å². The normalized spacial score (nSPS) is 11.7. The molecule has 9 heteroatoms. The van der Waals surface area contributed by atoms with E-state index in [1.165, 1.54) is 40.3 Å². The van der Waals surface area contributed by atoms with Crippen LogP contribution in [0.2, 0.25) is 0 Å². The number of benzene rings is 1. The van der Waals surface area contributed by atoms with E-state index in [1.807, 2.05) is 17.5 Å². The summed E-state index contributed by atoms with van der Waals surface area (Å²) >= 11 is 1.51. The zero-order valence-corrected chi connectivity index (χ0v) is 15.1. The van der Waals surface area contributed by atoms with Gasteiger partial charge in [0.05, 0.1) is 29.5 Å². The summed E-state index contributed by atoms with van der Waals surface area (Å²) in [7, 11) is 0. The van der Waals surface area contributed by atoms with Crippen LogP contribution in [0.15, 0.2) is 60.4 Å². The van der Waals surface area contributed by atoms with Gasteiger partial charge >= 0.3 is 6.18 Å². The summed E-state index contributed by atoms with van der Waals surface area (Å²) in [6.45, 7) is 0.343. The summed E-state index contributed by atoms with van der Waals surface area (Å²) in [5.41, 5.74) is 0.194. The van der Waals surface area contributed by atoms with Gasteiger partial charge < -0.3 is 5.32 Å². The first-order valence-corrected chi connectivity index (χ1v) is 9.12. The van der Waals surface area contributed by atoms with Crippen molar-refractivity contribution < 1.29 is 18.0 Å². The lowest BCUT2D eigenvalue weighted by molar-refractivity contribution is -0.137. The van der Waals surface area contributed by atoms with E-state index in [9.17, 15) is 18.0 Å². The zero-order chi connectivity index (χ0) is 19.7. The largest absolute Gasteiger partial charge is 0.416 e. The standard InChI is InChI=1S/C19H13F3N4OS/c20-19(21,22)13-4-1-3-12(9-13)16-15-11-23-6-7-26(15)17(25-16)18(27)24-10-14-5-2-8-28-14/h1-9,11H,10H2,(H,24,27). The van der Waals surface area contributed by atoms with E-state index < -0.39 is 17.6 Å². The van der Waals surface area contributed by atoms with E-state index in [2.05, 4.69) is 15.3 Å². The number of imidazole rings is 1. The molecule has 1 aromatic carbocycles. The monoisotopic (exact) mass is 402 g/mol. The molecule has 0 atom stereocenters. The Morgan fingerprint density at radius 1 is 1.21 bits per heavy atom. The number of aromatic nitrogens is 3. The first-order chi connectivity index (χ1) is 13.4. The molecule has 0 fully saturated rings. The van der Waals surface area contributed by atoms with Gasteiger partial charge in [0.15, 0.2) is 0 Å². The highest BCUT2D eigenvalue weighted by Gasteiger charge is 2.31. The summed E-state index contributed by atoms with van der Waals surface area (Å²) in [6, 6.07) is 8.63. The van der Waals surface area contributed by atoms with Crippen LogP contribution in [0, 0.1) is 0 Å². The SMILES string of the molecule is O=C(NCc1cccs1)c1nc(-c2cccc(C(F)(F)F)c2)c2cnccn12. The fourth-order valence-electron chi connectivity index (χ4n) is 2.81. The van der Waals surface area contributed by atoms with Gasteiger partial charge in [-0.3, -0.25) is 14.2 Å². The van der Waals surface area contributed by atoms with Gasteiger partial charge in [0.1, 0.15) is 0 Å². The number of amides is 1. The summed E-state index contributed by atoms with van der Waals surface area (Å²) in [5.74, 6) is -0.339. The number of halogens is 3. The molecule has 0 aliphatic heterocycles. The molecule has 142 valence electrons. The summed E-state index contributed by atoms with van der Waals surface area (Å²) in [6.07, 6.45) is 0.0451. The average Bonchev–Trinajstić information content (AvgIpc) is 3.33. The van der Waals surface area contributed by atoms with E-state index >= 15 is 0 Å². The van der Waals surface area contributed by atoms with Gasteiger partial charge in [0, 0.05) is 22.8 Å². The van der Waals surface area contributed by atoms with Crippen LogP contribution >= 0.6 is 11.3 Å². The van der Waals surface area contributed by atoms with Crippen LogP contribution in [0.1, 0.15) is 21.1 Å². The van der Waals surface area contributed by atoms with Crippen molar-refractivity contribution in [2.24, 2.45) is 0 Å². The van der Waals surface area contributed by atoms with Crippen molar-refractivity contribution in [3.05, 3.63) is 76.6 Å². The van der Waals surface area contributed by atoms with Crippen molar-refractivity contribution in [1.29, 1.82) is 0 Å². The Balaban J connectivity index is 1.74. The van der Waals surface area contributed by atoms with Crippen molar-refractivity contribution in [1.82, 2.24) is 19.7 Å². The van der Waals surface area contributed by atoms with Crippen molar-refractivity contribution in [3.8, 4) is 11.3 Å². The van der Waals surface area contributed by atoms with Crippen LogP contribution in [0.5, 0.6) is 0 Å². The van der Waals surface area contributed by atoms with Crippen LogP contribution in [0.25, 0.3) is 16.8 Å². The highest BCUT2D eigenvalue weighted by molar-refractivity contribution is 7.09. The second-order valence-corrected chi connectivity index (χ2v) is 6.99. The van der Waals surface area contributed by atoms with Gasteiger partial charge in [-0.2, -0.15) is 13.2 Å². The average molecular weight is 402 g/mol. The smallest absolute Gasteiger partial charge is 0.344 e. The number of alkyl halides is 3. The van der Waals surface area contributed by atoms with E-state index in [-0.39, 0.29) is 17.1 Å². The molecular weight excluding hydrogens is 389 g/mol. The number of rotatable bonds is 4. The number of thiophene rings is 1. The van der Waals surface area contributed by atoms with Gasteiger partial charge in [-0.15, -0.1) is 11.3 Å². The van der Waals surface area contributed by atoms with Crippen LogP contribution in [-0.4, -0.2) is 20.3 Å². The minimum absolute atomic E-state index is 0.0846. The molecular formula is C19H13F3N4OS. The molecule has 5 nitrogen and oxygen atoms in total. The lowest BCUT2D eigenvalue weighted by Crippen LogP contribution is -2.24. The Morgan fingerprint density at radius 2 is 2.07 bits per heavy atom. The maximum Gasteiger partial charge on any atom is 0.416 e. The molecule has 0 radical (unpaired) electrons. The van der Waals surface area contributed by atoms with Crippen LogP contribution in [0.3, 0.4) is 0 Å². The molecule has 0 unspecified atom stereocenters. The molecule has 4 rings (SSSR count). The van der Waals surface area contributed by atoms with E-state index in [0.717, 1.165) is 17.0 Å². The number of hydrogen-bond acceptors (Lipinski definition) is 4. The Morgan fingerprint density at radius 3 is 2.82 bits per heavy atom. The highest BCUT2D eigenvalue weighted by Crippen LogP contribution is 2.33. The molecule has 0 aliphatic rings. The molecule has 28 heavy (non-hydrogen) atoms. The Labute approximate surface area is 161 Å². The van der Waals surface area contributed by atoms with Crippen molar-refractivity contribution in [3.63, 3.8) is 0 Å². The molecule has 1 N–H and O–H groups in total. The molecule has 3 heterocycles. The molecule has 0 aliphatic carbocycles. The molecule has 0 saturated carbocycles. The first-order valence-electron chi connectivity index (χ1n) is 8.24. The van der Waals surface area contributed by atoms with Crippen molar-refractivity contribution in [2.75, 3.05) is 0 Å². The lowest BCUT2D eigenvalue weighted by atomic mass is 10.1. The van der Waals surface area contributed by atoms with Crippen molar-refractivity contribution in [2.45, 2.75) is 12.7 Å². The zero-order valence-electron chi connectivity index (χ0n) is 14.3. The third kappa shape index (κ3) is 3.48. The predicted molar refractivity (Wildman–Crippen MR) is 98.9 cm³/mol. The Hall–Kier alpha value is -3.20. The number of fused-ring (bicyclic) bond motifs is 1. The number of hydrogen-bond donors (Lipinski definition) is 1. The molecule has 1 amide bonds. The molecule has 3 aromatic heterocycles. The van der Waals surface area contributed by atoms with Gasteiger partial charge in [-0.1, -0.05) is 18.2 Å². The third-order valence-corrected chi connectivity index (χ3v) is 4.99. The van der Waals surface area contributed by atoms with E-state index in [1.54, 1.807) is 6.20 Å². The van der Waals surface area contributed by atoms with Gasteiger partial charge in [0.25, 0.3) is 5.91 Å². The maximum absolute atomic E-state index is 13.1. The molecule has 0 saturated heterocycles. The minimum Gasteiger partial charge on any atom is -0.344 e. The highest BCUT2D eigenvalue weighted by atomic mass is 32.1. The molecule has 0 spiro atoms. The number of carbonyl (C=O) groups is 1. The summed E-state index contributed by atoms with van der Waals surface area (Å²) in [5, 5.41) is 4.69. The number of carbonyl (C=O) groups excluding carboxylic acids is 1. The van der Waals surface area contributed by atoms with Gasteiger partial charge in [-0.25, -0.2) is 4.98 Å². The maximum atomic E-state index is 13.1. The minimum atomic E-state index is -4.47. The second kappa shape index (κ2) is 7.08. The van der Waals surface area contributed by atoms with Crippen LogP contribution < -0.4 is 5.32 Å². The second-order valence-electron chi connectivity index (χ2n) is 5.96. The molecule has 0 bridgehead atoms. The predicted octanol–water partition coefficient (Wildman–Crippen LogP) is 4.41. The van der Waals surface area contributed by atoms with Crippen LogP contribution in [0.4, 0.5) is 13.2 Å². The molecule has 4 aromatic rings. The quantitative estimate of drug-likeness (QED) is 0.550. The lowest BCUT2D eigenvalue weighted by Gasteiger charge is -2.07. The Bertz CT molecular complexity index is 1140. The summed E-state index contributed by atoms with van der Waals surface area (Å²) in [4.78, 5) is 22.0. The first kappa shape index (κ1) is 18.2. The fraction of sp³-hybridized carbons (Fsp3) is 0.105. The van der Waals surface area contributed by atoms with Crippen molar-refractivity contribution >= 4 is 22.8 Å². The van der Waals surface area contributed by atoms with Gasteiger partial charge in [-0.05, 0) is 23.6 Å². The Kier molecular flexibility index (Phi) is 4.60.